The summed E-state index contributed by atoms with van der Waals surface area (Å²) >= 11 is 1.28. The molecule has 8 nitrogen and oxygen atoms in total. The summed E-state index contributed by atoms with van der Waals surface area (Å²) in [6, 6.07) is 11.5. The Morgan fingerprint density at radius 2 is 1.81 bits per heavy atom. The lowest BCUT2D eigenvalue weighted by molar-refractivity contribution is -0.121. The maximum absolute atomic E-state index is 12.8. The molecule has 158 valence electrons. The molecule has 4 rings (SSSR count). The van der Waals surface area contributed by atoms with Crippen LogP contribution in [0.5, 0.6) is 0 Å². The van der Waals surface area contributed by atoms with E-state index in [9.17, 15) is 19.2 Å². The number of carbonyl (C=O) groups excluding carboxylic acids is 4. The molecule has 31 heavy (non-hydrogen) atoms. The lowest BCUT2D eigenvalue weighted by atomic mass is 10.2. The zero-order valence-electron chi connectivity index (χ0n) is 17.0. The van der Waals surface area contributed by atoms with Crippen molar-refractivity contribution in [1.29, 1.82) is 0 Å². The average molecular weight is 437 g/mol. The molecule has 0 aliphatic carbocycles. The monoisotopic (exact) mass is 437 g/mol. The Morgan fingerprint density at radius 3 is 2.52 bits per heavy atom. The van der Waals surface area contributed by atoms with E-state index in [1.54, 1.807) is 54.9 Å². The third kappa shape index (κ3) is 3.91. The SMILES string of the molecule is CCOC(=O)c1ccc2c(c1)sc(=NC(=O)c1cccc(N3C(=O)CCC3=O)c1)n2C. The molecule has 3 aromatic rings. The quantitative estimate of drug-likeness (QED) is 0.462. The van der Waals surface area contributed by atoms with E-state index in [2.05, 4.69) is 4.99 Å². The summed E-state index contributed by atoms with van der Waals surface area (Å²) in [5.74, 6) is -1.45. The van der Waals surface area contributed by atoms with Crippen molar-refractivity contribution in [1.82, 2.24) is 4.57 Å². The normalized spacial score (nSPS) is 14.5. The van der Waals surface area contributed by atoms with Gasteiger partial charge in [-0.25, -0.2) is 4.79 Å². The molecule has 0 unspecified atom stereocenters. The Hall–Kier alpha value is -3.59. The number of carbonyl (C=O) groups is 4. The van der Waals surface area contributed by atoms with Crippen LogP contribution in [0, 0.1) is 0 Å². The third-order valence-corrected chi connectivity index (χ3v) is 6.02. The van der Waals surface area contributed by atoms with E-state index in [1.165, 1.54) is 17.4 Å². The van der Waals surface area contributed by atoms with Crippen LogP contribution in [0.1, 0.15) is 40.5 Å². The number of rotatable bonds is 4. The molecule has 0 atom stereocenters. The van der Waals surface area contributed by atoms with Crippen molar-refractivity contribution >= 4 is 50.9 Å². The topological polar surface area (TPSA) is 98.0 Å². The van der Waals surface area contributed by atoms with Crippen LogP contribution < -0.4 is 9.70 Å². The van der Waals surface area contributed by atoms with Gasteiger partial charge in [0.15, 0.2) is 4.80 Å². The molecular formula is C22H19N3O5S. The van der Waals surface area contributed by atoms with Crippen molar-refractivity contribution in [3.63, 3.8) is 0 Å². The Labute approximate surface area is 181 Å². The molecule has 0 N–H and O–H groups in total. The Kier molecular flexibility index (Phi) is 5.51. The van der Waals surface area contributed by atoms with Crippen LogP contribution in [0.4, 0.5) is 5.69 Å². The van der Waals surface area contributed by atoms with Crippen molar-refractivity contribution in [2.45, 2.75) is 19.8 Å². The molecule has 2 aromatic carbocycles. The number of hydrogen-bond donors (Lipinski definition) is 0. The number of anilines is 1. The number of aryl methyl sites for hydroxylation is 1. The van der Waals surface area contributed by atoms with Crippen LogP contribution in [0.3, 0.4) is 0 Å². The number of aromatic nitrogens is 1. The van der Waals surface area contributed by atoms with Gasteiger partial charge in [-0.2, -0.15) is 4.99 Å². The first-order valence-electron chi connectivity index (χ1n) is 9.70. The molecule has 0 radical (unpaired) electrons. The van der Waals surface area contributed by atoms with Gasteiger partial charge in [-0.05, 0) is 43.3 Å². The Morgan fingerprint density at radius 1 is 1.06 bits per heavy atom. The van der Waals surface area contributed by atoms with Crippen LogP contribution in [0.2, 0.25) is 0 Å². The molecule has 1 aromatic heterocycles. The van der Waals surface area contributed by atoms with E-state index in [0.717, 1.165) is 15.1 Å². The molecule has 1 fully saturated rings. The highest BCUT2D eigenvalue weighted by Gasteiger charge is 2.30. The van der Waals surface area contributed by atoms with Crippen molar-refractivity contribution in [3.05, 3.63) is 58.4 Å². The van der Waals surface area contributed by atoms with E-state index in [4.69, 9.17) is 4.74 Å². The highest BCUT2D eigenvalue weighted by Crippen LogP contribution is 2.24. The van der Waals surface area contributed by atoms with Gasteiger partial charge in [0.25, 0.3) is 5.91 Å². The fourth-order valence-electron chi connectivity index (χ4n) is 3.38. The van der Waals surface area contributed by atoms with Gasteiger partial charge in [0.2, 0.25) is 11.8 Å². The van der Waals surface area contributed by atoms with Crippen molar-refractivity contribution in [2.24, 2.45) is 12.0 Å². The zero-order chi connectivity index (χ0) is 22.1. The minimum atomic E-state index is -0.492. The lowest BCUT2D eigenvalue weighted by Gasteiger charge is -2.14. The maximum atomic E-state index is 12.8. The van der Waals surface area contributed by atoms with Gasteiger partial charge < -0.3 is 9.30 Å². The van der Waals surface area contributed by atoms with Gasteiger partial charge in [-0.3, -0.25) is 19.3 Å². The summed E-state index contributed by atoms with van der Waals surface area (Å²) in [5, 5.41) is 0. The van der Waals surface area contributed by atoms with Gasteiger partial charge in [-0.15, -0.1) is 0 Å². The number of hydrogen-bond acceptors (Lipinski definition) is 6. The van der Waals surface area contributed by atoms with Crippen molar-refractivity contribution in [2.75, 3.05) is 11.5 Å². The number of amides is 3. The molecule has 1 aliphatic heterocycles. The van der Waals surface area contributed by atoms with Crippen LogP contribution in [0.25, 0.3) is 10.2 Å². The van der Waals surface area contributed by atoms with Crippen LogP contribution in [-0.2, 0) is 21.4 Å². The Bertz CT molecular complexity index is 1290. The number of fused-ring (bicyclic) bond motifs is 1. The van der Waals surface area contributed by atoms with Gasteiger partial charge in [0, 0.05) is 25.5 Å². The maximum Gasteiger partial charge on any atom is 0.338 e. The first kappa shape index (κ1) is 20.7. The first-order chi connectivity index (χ1) is 14.9. The van der Waals surface area contributed by atoms with Crippen molar-refractivity contribution in [3.8, 4) is 0 Å². The highest BCUT2D eigenvalue weighted by atomic mass is 32.1. The molecule has 0 saturated carbocycles. The molecule has 1 aliphatic rings. The highest BCUT2D eigenvalue weighted by molar-refractivity contribution is 7.16. The number of ether oxygens (including phenoxy) is 1. The molecule has 2 heterocycles. The predicted molar refractivity (Wildman–Crippen MR) is 115 cm³/mol. The fourth-order valence-corrected chi connectivity index (χ4v) is 4.43. The van der Waals surface area contributed by atoms with Gasteiger partial charge in [0.1, 0.15) is 0 Å². The molecule has 0 bridgehead atoms. The van der Waals surface area contributed by atoms with Crippen LogP contribution in [0.15, 0.2) is 47.5 Å². The van der Waals surface area contributed by atoms with Crippen LogP contribution >= 0.6 is 11.3 Å². The number of thiazole rings is 1. The number of nitrogens with zero attached hydrogens (tertiary/aromatic N) is 3. The Balaban J connectivity index is 1.68. The summed E-state index contributed by atoms with van der Waals surface area (Å²) in [6.45, 7) is 2.03. The second-order valence-electron chi connectivity index (χ2n) is 6.94. The smallest absolute Gasteiger partial charge is 0.338 e. The summed E-state index contributed by atoms with van der Waals surface area (Å²) < 4.78 is 7.60. The summed E-state index contributed by atoms with van der Waals surface area (Å²) in [5.41, 5.74) is 1.90. The zero-order valence-corrected chi connectivity index (χ0v) is 17.8. The van der Waals surface area contributed by atoms with E-state index in [1.807, 2.05) is 0 Å². The summed E-state index contributed by atoms with van der Waals surface area (Å²) in [6.07, 6.45) is 0.347. The fraction of sp³-hybridized carbons (Fsp3) is 0.227. The third-order valence-electron chi connectivity index (χ3n) is 4.92. The van der Waals surface area contributed by atoms with E-state index >= 15 is 0 Å². The number of imide groups is 1. The lowest BCUT2D eigenvalue weighted by Crippen LogP contribution is -2.28. The van der Waals surface area contributed by atoms with Gasteiger partial charge >= 0.3 is 5.97 Å². The summed E-state index contributed by atoms with van der Waals surface area (Å²) in [4.78, 5) is 54.5. The average Bonchev–Trinajstić information content (AvgIpc) is 3.26. The standard InChI is InChI=1S/C22H19N3O5S/c1-3-30-21(29)14-7-8-16-17(12-14)31-22(24(16)2)23-20(28)13-5-4-6-15(11-13)25-18(26)9-10-19(25)27/h4-8,11-12H,3,9-10H2,1-2H3. The number of esters is 1. The minimum Gasteiger partial charge on any atom is -0.462 e. The summed E-state index contributed by atoms with van der Waals surface area (Å²) in [7, 11) is 1.78. The number of benzene rings is 2. The molecule has 1 saturated heterocycles. The van der Waals surface area contributed by atoms with Gasteiger partial charge in [-0.1, -0.05) is 17.4 Å². The van der Waals surface area contributed by atoms with Gasteiger partial charge in [0.05, 0.1) is 28.1 Å². The molecular weight excluding hydrogens is 418 g/mol. The van der Waals surface area contributed by atoms with E-state index in [0.29, 0.717) is 16.1 Å². The van der Waals surface area contributed by atoms with Crippen LogP contribution in [-0.4, -0.2) is 34.9 Å². The van der Waals surface area contributed by atoms with Crippen molar-refractivity contribution < 1.29 is 23.9 Å². The second-order valence-corrected chi connectivity index (χ2v) is 7.95. The second kappa shape index (κ2) is 8.27. The molecule has 9 heteroatoms. The predicted octanol–water partition coefficient (Wildman–Crippen LogP) is 2.81. The minimum absolute atomic E-state index is 0.173. The largest absolute Gasteiger partial charge is 0.462 e. The van der Waals surface area contributed by atoms with E-state index < -0.39 is 11.9 Å². The van der Waals surface area contributed by atoms with E-state index in [-0.39, 0.29) is 36.8 Å². The molecule has 3 amide bonds. The molecule has 0 spiro atoms. The first-order valence-corrected chi connectivity index (χ1v) is 10.5.